The van der Waals surface area contributed by atoms with Gasteiger partial charge in [0.2, 0.25) is 0 Å². The van der Waals surface area contributed by atoms with Gasteiger partial charge in [-0.15, -0.1) is 0 Å². The molecule has 110 valence electrons. The summed E-state index contributed by atoms with van der Waals surface area (Å²) in [6.07, 6.45) is 4.13. The van der Waals surface area contributed by atoms with Crippen LogP contribution in [0.2, 0.25) is 0 Å². The summed E-state index contributed by atoms with van der Waals surface area (Å²) in [4.78, 5) is 8.27. The first-order valence-electron chi connectivity index (χ1n) is 7.79. The highest BCUT2D eigenvalue weighted by atomic mass is 15.0. The Morgan fingerprint density at radius 3 is 2.74 bits per heavy atom. The number of nitrogens with one attached hydrogen (secondary N) is 1. The van der Waals surface area contributed by atoms with Crippen molar-refractivity contribution in [2.24, 2.45) is 0 Å². The molecule has 1 N–H and O–H groups in total. The Hall–Kier alpha value is -3.07. The number of pyridine rings is 1. The van der Waals surface area contributed by atoms with E-state index in [9.17, 15) is 0 Å². The molecule has 0 saturated heterocycles. The van der Waals surface area contributed by atoms with Crippen molar-refractivity contribution in [2.45, 2.75) is 6.54 Å². The van der Waals surface area contributed by atoms with Gasteiger partial charge in [-0.05, 0) is 29.7 Å². The van der Waals surface area contributed by atoms with E-state index in [-0.39, 0.29) is 0 Å². The maximum atomic E-state index is 4.91. The average Bonchev–Trinajstić information content (AvgIpc) is 3.23. The van der Waals surface area contributed by atoms with Crippen molar-refractivity contribution in [3.63, 3.8) is 0 Å². The number of hydrogen-bond donors (Lipinski definition) is 1. The van der Waals surface area contributed by atoms with E-state index in [1.165, 1.54) is 21.7 Å². The molecule has 5 aromatic rings. The van der Waals surface area contributed by atoms with Crippen LogP contribution in [0.4, 0.5) is 0 Å². The molecule has 3 aromatic heterocycles. The van der Waals surface area contributed by atoms with Crippen LogP contribution in [-0.2, 0) is 6.54 Å². The number of aromatic nitrogens is 3. The molecule has 5 rings (SSSR count). The number of para-hydroxylation sites is 2. The van der Waals surface area contributed by atoms with E-state index in [2.05, 4.69) is 70.3 Å². The maximum Gasteiger partial charge on any atom is 0.0849 e. The first kappa shape index (κ1) is 12.5. The molecule has 0 amide bonds. The van der Waals surface area contributed by atoms with Crippen molar-refractivity contribution < 1.29 is 0 Å². The largest absolute Gasteiger partial charge is 0.360 e. The van der Waals surface area contributed by atoms with E-state index < -0.39 is 0 Å². The molecule has 0 atom stereocenters. The molecule has 3 heterocycles. The lowest BCUT2D eigenvalue weighted by Crippen LogP contribution is -2.02. The van der Waals surface area contributed by atoms with Crippen LogP contribution in [0.25, 0.3) is 32.7 Å². The fourth-order valence-corrected chi connectivity index (χ4v) is 3.39. The normalized spacial score (nSPS) is 11.7. The van der Waals surface area contributed by atoms with Gasteiger partial charge < -0.3 is 9.55 Å². The minimum Gasteiger partial charge on any atom is -0.360 e. The summed E-state index contributed by atoms with van der Waals surface area (Å²) in [5.74, 6) is 0. The average molecular weight is 297 g/mol. The zero-order valence-electron chi connectivity index (χ0n) is 12.5. The van der Waals surface area contributed by atoms with Gasteiger partial charge in [0.05, 0.1) is 23.3 Å². The molecule has 2 aromatic carbocycles. The zero-order chi connectivity index (χ0) is 15.2. The molecular weight excluding hydrogens is 282 g/mol. The van der Waals surface area contributed by atoms with Crippen LogP contribution in [-0.4, -0.2) is 14.5 Å². The summed E-state index contributed by atoms with van der Waals surface area (Å²) in [7, 11) is 0. The third kappa shape index (κ3) is 1.87. The van der Waals surface area contributed by atoms with E-state index in [1.807, 2.05) is 12.3 Å². The molecule has 0 aliphatic rings. The SMILES string of the molecule is c1ccc2c(c1)ccn2Cc1nc2ccccc2c2cc[nH]c12. The van der Waals surface area contributed by atoms with Crippen LogP contribution in [0.1, 0.15) is 5.69 Å². The molecule has 0 spiro atoms. The molecule has 0 aliphatic heterocycles. The van der Waals surface area contributed by atoms with E-state index >= 15 is 0 Å². The van der Waals surface area contributed by atoms with Crippen LogP contribution in [0.5, 0.6) is 0 Å². The summed E-state index contributed by atoms with van der Waals surface area (Å²) in [6, 6.07) is 21.1. The Balaban J connectivity index is 1.74. The number of benzene rings is 2. The van der Waals surface area contributed by atoms with Gasteiger partial charge in [-0.2, -0.15) is 0 Å². The van der Waals surface area contributed by atoms with Crippen molar-refractivity contribution in [1.29, 1.82) is 0 Å². The molecule has 3 nitrogen and oxygen atoms in total. The molecule has 23 heavy (non-hydrogen) atoms. The van der Waals surface area contributed by atoms with Crippen molar-refractivity contribution >= 4 is 32.7 Å². The predicted molar refractivity (Wildman–Crippen MR) is 94.6 cm³/mol. The zero-order valence-corrected chi connectivity index (χ0v) is 12.5. The highest BCUT2D eigenvalue weighted by Gasteiger charge is 2.10. The molecule has 0 aliphatic carbocycles. The highest BCUT2D eigenvalue weighted by molar-refractivity contribution is 6.05. The standard InChI is InChI=1S/C20H15N3/c1-4-8-19-14(5-1)10-12-23(19)13-18-20-16(9-11-21-20)15-6-2-3-7-17(15)22-18/h1-12,21H,13H2. The van der Waals surface area contributed by atoms with Crippen LogP contribution >= 0.6 is 0 Å². The molecule has 0 radical (unpaired) electrons. The van der Waals surface area contributed by atoms with Crippen molar-refractivity contribution in [2.75, 3.05) is 0 Å². The van der Waals surface area contributed by atoms with Crippen LogP contribution < -0.4 is 0 Å². The van der Waals surface area contributed by atoms with Gasteiger partial charge in [0.15, 0.2) is 0 Å². The van der Waals surface area contributed by atoms with Crippen LogP contribution in [0.3, 0.4) is 0 Å². The number of nitrogens with zero attached hydrogens (tertiary/aromatic N) is 2. The van der Waals surface area contributed by atoms with E-state index in [1.54, 1.807) is 0 Å². The van der Waals surface area contributed by atoms with Gasteiger partial charge in [-0.3, -0.25) is 0 Å². The van der Waals surface area contributed by atoms with Gasteiger partial charge >= 0.3 is 0 Å². The predicted octanol–water partition coefficient (Wildman–Crippen LogP) is 4.72. The van der Waals surface area contributed by atoms with Gasteiger partial charge in [0, 0.05) is 28.7 Å². The summed E-state index contributed by atoms with van der Waals surface area (Å²) < 4.78 is 2.26. The third-order valence-electron chi connectivity index (χ3n) is 4.49. The first-order chi connectivity index (χ1) is 11.4. The second-order valence-corrected chi connectivity index (χ2v) is 5.84. The number of rotatable bonds is 2. The van der Waals surface area contributed by atoms with Crippen LogP contribution in [0.15, 0.2) is 73.1 Å². The van der Waals surface area contributed by atoms with E-state index in [0.717, 1.165) is 23.3 Å². The number of H-pyrrole nitrogens is 1. The highest BCUT2D eigenvalue weighted by Crippen LogP contribution is 2.26. The smallest absolute Gasteiger partial charge is 0.0849 e. The summed E-state index contributed by atoms with van der Waals surface area (Å²) in [6.45, 7) is 0.759. The van der Waals surface area contributed by atoms with Crippen LogP contribution in [0, 0.1) is 0 Å². The third-order valence-corrected chi connectivity index (χ3v) is 4.49. The Labute approximate surface area is 133 Å². The Morgan fingerprint density at radius 2 is 1.74 bits per heavy atom. The number of hydrogen-bond acceptors (Lipinski definition) is 1. The van der Waals surface area contributed by atoms with Gasteiger partial charge in [0.25, 0.3) is 0 Å². The lowest BCUT2D eigenvalue weighted by atomic mass is 10.1. The van der Waals surface area contributed by atoms with Gasteiger partial charge in [-0.25, -0.2) is 4.98 Å². The molecule has 0 unspecified atom stereocenters. The van der Waals surface area contributed by atoms with E-state index in [4.69, 9.17) is 4.98 Å². The Bertz CT molecular complexity index is 1150. The van der Waals surface area contributed by atoms with Crippen molar-refractivity contribution in [3.8, 4) is 0 Å². The Kier molecular flexibility index (Phi) is 2.56. The van der Waals surface area contributed by atoms with Crippen molar-refractivity contribution in [1.82, 2.24) is 14.5 Å². The second kappa shape index (κ2) is 4.71. The maximum absolute atomic E-state index is 4.91. The summed E-state index contributed by atoms with van der Waals surface area (Å²) in [5, 5.41) is 3.70. The van der Waals surface area contributed by atoms with E-state index in [0.29, 0.717) is 0 Å². The Morgan fingerprint density at radius 1 is 0.870 bits per heavy atom. The monoisotopic (exact) mass is 297 g/mol. The lowest BCUT2D eigenvalue weighted by Gasteiger charge is -2.09. The quantitative estimate of drug-likeness (QED) is 0.502. The molecule has 0 fully saturated rings. The number of aromatic amines is 1. The molecule has 0 bridgehead atoms. The molecule has 3 heteroatoms. The first-order valence-corrected chi connectivity index (χ1v) is 7.79. The minimum absolute atomic E-state index is 0.759. The van der Waals surface area contributed by atoms with Gasteiger partial charge in [-0.1, -0.05) is 36.4 Å². The molecular formula is C20H15N3. The van der Waals surface area contributed by atoms with Crippen molar-refractivity contribution in [3.05, 3.63) is 78.8 Å². The summed E-state index contributed by atoms with van der Waals surface area (Å²) in [5.41, 5.74) is 4.49. The minimum atomic E-state index is 0.759. The lowest BCUT2D eigenvalue weighted by molar-refractivity contribution is 0.818. The fraction of sp³-hybridized carbons (Fsp3) is 0.0500. The second-order valence-electron chi connectivity index (χ2n) is 5.84. The van der Waals surface area contributed by atoms with Gasteiger partial charge in [0.1, 0.15) is 0 Å². The number of fused-ring (bicyclic) bond motifs is 4. The summed E-state index contributed by atoms with van der Waals surface area (Å²) >= 11 is 0. The fourth-order valence-electron chi connectivity index (χ4n) is 3.39. The topological polar surface area (TPSA) is 33.6 Å². The molecule has 0 saturated carbocycles.